The topological polar surface area (TPSA) is 82.6 Å². The fraction of sp³-hybridized carbons (Fsp3) is 0.300. The molecule has 1 saturated heterocycles. The number of hydrogen-bond acceptors (Lipinski definition) is 4. The molecule has 1 aromatic carbocycles. The van der Waals surface area contributed by atoms with Gasteiger partial charge >= 0.3 is 0 Å². The summed E-state index contributed by atoms with van der Waals surface area (Å²) in [6.07, 6.45) is 1.68. The van der Waals surface area contributed by atoms with E-state index < -0.39 is 0 Å². The molecule has 7 heteroatoms. The van der Waals surface area contributed by atoms with Crippen LogP contribution >= 0.6 is 0 Å². The van der Waals surface area contributed by atoms with E-state index in [1.807, 2.05) is 18.2 Å². The van der Waals surface area contributed by atoms with Crippen molar-refractivity contribution in [2.24, 2.45) is 0 Å². The molecule has 0 unspecified atom stereocenters. The van der Waals surface area contributed by atoms with E-state index in [9.17, 15) is 14.4 Å². The number of aromatic nitrogens is 1. The molecule has 1 aliphatic heterocycles. The van der Waals surface area contributed by atoms with Crippen LogP contribution in [0, 0.1) is 0 Å². The fourth-order valence-electron chi connectivity index (χ4n) is 2.95. The Kier molecular flexibility index (Phi) is 5.80. The lowest BCUT2D eigenvalue weighted by molar-refractivity contribution is -0.130. The lowest BCUT2D eigenvalue weighted by Crippen LogP contribution is -2.50. The van der Waals surface area contributed by atoms with Crippen LogP contribution in [0.3, 0.4) is 0 Å². The highest BCUT2D eigenvalue weighted by atomic mass is 16.2. The quantitative estimate of drug-likeness (QED) is 0.885. The maximum absolute atomic E-state index is 12.6. The van der Waals surface area contributed by atoms with Crippen molar-refractivity contribution in [2.75, 3.05) is 26.2 Å². The highest BCUT2D eigenvalue weighted by molar-refractivity contribution is 5.97. The minimum atomic E-state index is -0.213. The smallest absolute Gasteiger partial charge is 0.253 e. The zero-order valence-corrected chi connectivity index (χ0v) is 15.2. The van der Waals surface area contributed by atoms with Gasteiger partial charge in [0.25, 0.3) is 11.8 Å². The third-order valence-electron chi connectivity index (χ3n) is 4.56. The Labute approximate surface area is 158 Å². The number of rotatable bonds is 4. The van der Waals surface area contributed by atoms with Crippen LogP contribution in [0.15, 0.2) is 48.7 Å². The van der Waals surface area contributed by atoms with E-state index in [0.717, 1.165) is 5.69 Å². The molecule has 2 aromatic rings. The molecule has 1 aromatic heterocycles. The molecule has 1 fully saturated rings. The first-order valence-electron chi connectivity index (χ1n) is 8.87. The number of nitrogens with zero attached hydrogens (tertiary/aromatic N) is 3. The summed E-state index contributed by atoms with van der Waals surface area (Å²) in [5.74, 6) is -0.267. The van der Waals surface area contributed by atoms with Crippen LogP contribution in [0.25, 0.3) is 0 Å². The molecule has 3 rings (SSSR count). The van der Waals surface area contributed by atoms with Crippen molar-refractivity contribution < 1.29 is 14.4 Å². The standard InChI is InChI=1S/C20H22N4O3/c1-15(25)23-10-12-24(13-11-23)20(27)17-7-5-16(6-8-17)19(26)22-14-18-4-2-3-9-21-18/h2-9H,10-14H2,1H3,(H,22,26). The number of amides is 3. The molecule has 0 radical (unpaired) electrons. The lowest BCUT2D eigenvalue weighted by Gasteiger charge is -2.34. The lowest BCUT2D eigenvalue weighted by atomic mass is 10.1. The Morgan fingerprint density at radius 2 is 1.56 bits per heavy atom. The minimum Gasteiger partial charge on any atom is -0.346 e. The molecule has 1 aliphatic rings. The summed E-state index contributed by atoms with van der Waals surface area (Å²) >= 11 is 0. The normalized spacial score (nSPS) is 14.0. The van der Waals surface area contributed by atoms with Gasteiger partial charge in [0.1, 0.15) is 0 Å². The minimum absolute atomic E-state index is 0.0307. The average Bonchev–Trinajstić information content (AvgIpc) is 2.72. The Bertz CT molecular complexity index is 813. The molecule has 27 heavy (non-hydrogen) atoms. The summed E-state index contributed by atoms with van der Waals surface area (Å²) < 4.78 is 0. The van der Waals surface area contributed by atoms with E-state index in [2.05, 4.69) is 10.3 Å². The van der Waals surface area contributed by atoms with Gasteiger partial charge in [-0.2, -0.15) is 0 Å². The van der Waals surface area contributed by atoms with Gasteiger partial charge in [-0.15, -0.1) is 0 Å². The van der Waals surface area contributed by atoms with Crippen molar-refractivity contribution in [3.8, 4) is 0 Å². The van der Waals surface area contributed by atoms with E-state index in [1.165, 1.54) is 6.92 Å². The van der Waals surface area contributed by atoms with Gasteiger partial charge in [-0.3, -0.25) is 19.4 Å². The van der Waals surface area contributed by atoms with Crippen LogP contribution in [0.1, 0.15) is 33.3 Å². The highest BCUT2D eigenvalue weighted by Gasteiger charge is 2.23. The van der Waals surface area contributed by atoms with E-state index in [4.69, 9.17) is 0 Å². The zero-order valence-electron chi connectivity index (χ0n) is 15.2. The third-order valence-corrected chi connectivity index (χ3v) is 4.56. The van der Waals surface area contributed by atoms with Gasteiger partial charge in [0.15, 0.2) is 0 Å². The molecule has 0 aliphatic carbocycles. The van der Waals surface area contributed by atoms with Gasteiger partial charge in [0, 0.05) is 50.4 Å². The SMILES string of the molecule is CC(=O)N1CCN(C(=O)c2ccc(C(=O)NCc3ccccn3)cc2)CC1. The molecular formula is C20H22N4O3. The first-order chi connectivity index (χ1) is 13.0. The van der Waals surface area contributed by atoms with Crippen molar-refractivity contribution >= 4 is 17.7 Å². The largest absolute Gasteiger partial charge is 0.346 e. The summed E-state index contributed by atoms with van der Waals surface area (Å²) in [5, 5.41) is 2.81. The van der Waals surface area contributed by atoms with Crippen molar-refractivity contribution in [1.82, 2.24) is 20.1 Å². The van der Waals surface area contributed by atoms with Gasteiger partial charge < -0.3 is 15.1 Å². The van der Waals surface area contributed by atoms with Crippen LogP contribution in [0.2, 0.25) is 0 Å². The third kappa shape index (κ3) is 4.69. The molecule has 0 atom stereocenters. The number of piperazine rings is 1. The predicted octanol–water partition coefficient (Wildman–Crippen LogP) is 1.32. The van der Waals surface area contributed by atoms with Gasteiger partial charge in [-0.05, 0) is 36.4 Å². The monoisotopic (exact) mass is 366 g/mol. The van der Waals surface area contributed by atoms with Gasteiger partial charge in [-0.1, -0.05) is 6.07 Å². The Morgan fingerprint density at radius 1 is 0.926 bits per heavy atom. The highest BCUT2D eigenvalue weighted by Crippen LogP contribution is 2.11. The molecule has 0 spiro atoms. The van der Waals surface area contributed by atoms with Crippen molar-refractivity contribution in [3.05, 3.63) is 65.5 Å². The second-order valence-corrected chi connectivity index (χ2v) is 6.38. The van der Waals surface area contributed by atoms with E-state index in [0.29, 0.717) is 43.9 Å². The summed E-state index contributed by atoms with van der Waals surface area (Å²) in [6, 6.07) is 12.1. The molecular weight excluding hydrogens is 344 g/mol. The zero-order chi connectivity index (χ0) is 19.2. The van der Waals surface area contributed by atoms with Crippen molar-refractivity contribution in [1.29, 1.82) is 0 Å². The van der Waals surface area contributed by atoms with Crippen LogP contribution in [-0.4, -0.2) is 58.7 Å². The number of benzene rings is 1. The predicted molar refractivity (Wildman–Crippen MR) is 100 cm³/mol. The molecule has 3 amide bonds. The van der Waals surface area contributed by atoms with Gasteiger partial charge in [0.2, 0.25) is 5.91 Å². The number of pyridine rings is 1. The number of nitrogens with one attached hydrogen (secondary N) is 1. The summed E-state index contributed by atoms with van der Waals surface area (Å²) in [5.41, 5.74) is 1.80. The van der Waals surface area contributed by atoms with E-state index >= 15 is 0 Å². The maximum atomic E-state index is 12.6. The molecule has 0 saturated carbocycles. The molecule has 140 valence electrons. The number of carbonyl (C=O) groups is 3. The molecule has 0 bridgehead atoms. The summed E-state index contributed by atoms with van der Waals surface area (Å²) in [6.45, 7) is 4.02. The van der Waals surface area contributed by atoms with E-state index in [-0.39, 0.29) is 17.7 Å². The Morgan fingerprint density at radius 3 is 2.15 bits per heavy atom. The van der Waals surface area contributed by atoms with Crippen LogP contribution in [0.4, 0.5) is 0 Å². The van der Waals surface area contributed by atoms with Crippen molar-refractivity contribution in [2.45, 2.75) is 13.5 Å². The first-order valence-corrected chi connectivity index (χ1v) is 8.87. The summed E-state index contributed by atoms with van der Waals surface area (Å²) in [7, 11) is 0. The average molecular weight is 366 g/mol. The second-order valence-electron chi connectivity index (χ2n) is 6.38. The Balaban J connectivity index is 1.56. The number of carbonyl (C=O) groups excluding carboxylic acids is 3. The van der Waals surface area contributed by atoms with Gasteiger partial charge in [0.05, 0.1) is 12.2 Å². The second kappa shape index (κ2) is 8.44. The van der Waals surface area contributed by atoms with E-state index in [1.54, 1.807) is 40.3 Å². The van der Waals surface area contributed by atoms with Crippen LogP contribution < -0.4 is 5.32 Å². The molecule has 7 nitrogen and oxygen atoms in total. The van der Waals surface area contributed by atoms with Gasteiger partial charge in [-0.25, -0.2) is 0 Å². The van der Waals surface area contributed by atoms with Crippen molar-refractivity contribution in [3.63, 3.8) is 0 Å². The Hall–Kier alpha value is -3.22. The summed E-state index contributed by atoms with van der Waals surface area (Å²) in [4.78, 5) is 43.8. The van der Waals surface area contributed by atoms with Crippen LogP contribution in [0.5, 0.6) is 0 Å². The maximum Gasteiger partial charge on any atom is 0.253 e. The fourth-order valence-corrected chi connectivity index (χ4v) is 2.95. The van der Waals surface area contributed by atoms with Crippen LogP contribution in [-0.2, 0) is 11.3 Å². The number of hydrogen-bond donors (Lipinski definition) is 1. The molecule has 1 N–H and O–H groups in total. The molecule has 2 heterocycles. The first kappa shape index (κ1) is 18.6.